The van der Waals surface area contributed by atoms with E-state index in [-0.39, 0.29) is 57.5 Å². The molecule has 4 rings (SSSR count). The van der Waals surface area contributed by atoms with Gasteiger partial charge in [-0.2, -0.15) is 16.8 Å². The van der Waals surface area contributed by atoms with Gasteiger partial charge in [-0.3, -0.25) is 18.7 Å². The SMILES string of the molecule is Nc1ccc(C(=O)Nc2ccc(C(=O)Nc3ccc4cc(S(=O)(=O)O)cc(S(=O)(=O)O)c4c3)cc2)cc1.[Na+]. The Labute approximate surface area is 239 Å². The molecule has 14 heteroatoms. The van der Waals surface area contributed by atoms with Crippen LogP contribution in [0.3, 0.4) is 0 Å². The van der Waals surface area contributed by atoms with Crippen molar-refractivity contribution in [2.24, 2.45) is 0 Å². The summed E-state index contributed by atoms with van der Waals surface area (Å²) < 4.78 is 65.5. The molecule has 0 saturated heterocycles. The molecule has 0 radical (unpaired) electrons. The van der Waals surface area contributed by atoms with Crippen LogP contribution in [0.15, 0.2) is 88.7 Å². The third-order valence-corrected chi connectivity index (χ3v) is 7.03. The summed E-state index contributed by atoms with van der Waals surface area (Å²) in [5, 5.41) is 5.29. The van der Waals surface area contributed by atoms with Gasteiger partial charge in [0.2, 0.25) is 0 Å². The van der Waals surface area contributed by atoms with Gasteiger partial charge < -0.3 is 16.4 Å². The molecule has 0 bridgehead atoms. The number of amides is 2. The zero-order valence-corrected chi connectivity index (χ0v) is 23.4. The normalized spacial score (nSPS) is 11.4. The first kappa shape index (κ1) is 29.3. The molecular formula is C24H19N3NaO8S2+. The number of nitrogen functional groups attached to an aromatic ring is 1. The molecular weight excluding hydrogens is 545 g/mol. The molecule has 0 aliphatic carbocycles. The van der Waals surface area contributed by atoms with Gasteiger partial charge in [0.15, 0.2) is 0 Å². The van der Waals surface area contributed by atoms with Crippen LogP contribution in [0.5, 0.6) is 0 Å². The Morgan fingerprint density at radius 1 is 0.658 bits per heavy atom. The Kier molecular flexibility index (Phi) is 8.63. The summed E-state index contributed by atoms with van der Waals surface area (Å²) in [6.45, 7) is 0. The molecule has 0 saturated carbocycles. The van der Waals surface area contributed by atoms with Crippen LogP contribution < -0.4 is 45.9 Å². The fraction of sp³-hybridized carbons (Fsp3) is 0. The Balaban J connectivity index is 0.00000400. The van der Waals surface area contributed by atoms with Crippen LogP contribution in [0.4, 0.5) is 17.1 Å². The number of anilines is 3. The topological polar surface area (TPSA) is 193 Å². The minimum absolute atomic E-state index is 0. The van der Waals surface area contributed by atoms with Crippen molar-refractivity contribution in [3.05, 3.63) is 90.0 Å². The van der Waals surface area contributed by atoms with Crippen molar-refractivity contribution in [2.75, 3.05) is 16.4 Å². The monoisotopic (exact) mass is 564 g/mol. The van der Waals surface area contributed by atoms with Crippen LogP contribution in [0.1, 0.15) is 20.7 Å². The van der Waals surface area contributed by atoms with Crippen LogP contribution in [0, 0.1) is 0 Å². The van der Waals surface area contributed by atoms with Crippen molar-refractivity contribution < 1.29 is 65.1 Å². The number of benzene rings is 4. The predicted octanol–water partition coefficient (Wildman–Crippen LogP) is 0.424. The van der Waals surface area contributed by atoms with E-state index >= 15 is 0 Å². The maximum Gasteiger partial charge on any atom is 1.00 e. The van der Waals surface area contributed by atoms with Crippen molar-refractivity contribution in [1.82, 2.24) is 0 Å². The largest absolute Gasteiger partial charge is 1.00 e. The number of hydrogen-bond donors (Lipinski definition) is 5. The summed E-state index contributed by atoms with van der Waals surface area (Å²) in [5.74, 6) is -0.918. The van der Waals surface area contributed by atoms with Gasteiger partial charge in [0.25, 0.3) is 32.1 Å². The van der Waals surface area contributed by atoms with Gasteiger partial charge in [0.1, 0.15) is 4.90 Å². The molecule has 0 fully saturated rings. The number of hydrogen-bond acceptors (Lipinski definition) is 7. The summed E-state index contributed by atoms with van der Waals surface area (Å²) in [4.78, 5) is 23.6. The fourth-order valence-corrected chi connectivity index (χ4v) is 4.83. The van der Waals surface area contributed by atoms with Gasteiger partial charge in [-0.15, -0.1) is 0 Å². The predicted molar refractivity (Wildman–Crippen MR) is 137 cm³/mol. The molecule has 0 spiro atoms. The summed E-state index contributed by atoms with van der Waals surface area (Å²) in [7, 11) is -9.62. The van der Waals surface area contributed by atoms with E-state index in [1.54, 1.807) is 24.3 Å². The number of fused-ring (bicyclic) bond motifs is 1. The quantitative estimate of drug-likeness (QED) is 0.125. The second-order valence-corrected chi connectivity index (χ2v) is 10.7. The maximum absolute atomic E-state index is 12.7. The second kappa shape index (κ2) is 11.2. The Morgan fingerprint density at radius 3 is 1.68 bits per heavy atom. The van der Waals surface area contributed by atoms with Gasteiger partial charge in [-0.1, -0.05) is 6.07 Å². The summed E-state index contributed by atoms with van der Waals surface area (Å²) in [6.07, 6.45) is 0. The molecule has 2 amide bonds. The number of rotatable bonds is 6. The van der Waals surface area contributed by atoms with E-state index in [1.165, 1.54) is 42.5 Å². The van der Waals surface area contributed by atoms with Crippen molar-refractivity contribution in [2.45, 2.75) is 9.79 Å². The van der Waals surface area contributed by atoms with E-state index in [2.05, 4.69) is 10.6 Å². The molecule has 0 aromatic heterocycles. The third kappa shape index (κ3) is 6.76. The Hall–Kier alpha value is -3.30. The van der Waals surface area contributed by atoms with Crippen LogP contribution in [0.2, 0.25) is 0 Å². The molecule has 4 aromatic carbocycles. The number of carbonyl (C=O) groups is 2. The fourth-order valence-electron chi connectivity index (χ4n) is 3.48. The molecule has 0 atom stereocenters. The minimum Gasteiger partial charge on any atom is -0.399 e. The Bertz CT molecular complexity index is 1760. The van der Waals surface area contributed by atoms with E-state index in [1.807, 2.05) is 0 Å². The van der Waals surface area contributed by atoms with Gasteiger partial charge in [-0.05, 0) is 78.2 Å². The zero-order chi connectivity index (χ0) is 27.0. The van der Waals surface area contributed by atoms with Gasteiger partial charge in [-0.25, -0.2) is 0 Å². The average Bonchev–Trinajstić information content (AvgIpc) is 2.83. The van der Waals surface area contributed by atoms with Gasteiger partial charge in [0, 0.05) is 33.6 Å². The van der Waals surface area contributed by atoms with E-state index in [9.17, 15) is 35.5 Å². The van der Waals surface area contributed by atoms with Gasteiger partial charge in [0.05, 0.1) is 4.90 Å². The maximum atomic E-state index is 12.7. The first-order valence-electron chi connectivity index (χ1n) is 10.4. The molecule has 0 aliphatic rings. The third-order valence-electron chi connectivity index (χ3n) is 5.30. The molecule has 6 N–H and O–H groups in total. The number of nitrogens with two attached hydrogens (primary N) is 1. The molecule has 0 unspecified atom stereocenters. The van der Waals surface area contributed by atoms with E-state index in [0.29, 0.717) is 23.0 Å². The first-order valence-corrected chi connectivity index (χ1v) is 13.3. The zero-order valence-electron chi connectivity index (χ0n) is 19.7. The molecule has 0 aliphatic heterocycles. The van der Waals surface area contributed by atoms with Crippen LogP contribution in [-0.4, -0.2) is 37.8 Å². The van der Waals surface area contributed by atoms with Crippen molar-refractivity contribution in [3.63, 3.8) is 0 Å². The average molecular weight is 565 g/mol. The summed E-state index contributed by atoms with van der Waals surface area (Å²) in [5.41, 5.74) is 7.36. The smallest absolute Gasteiger partial charge is 0.399 e. The molecule has 190 valence electrons. The number of nitrogens with one attached hydrogen (secondary N) is 2. The van der Waals surface area contributed by atoms with Crippen LogP contribution in [-0.2, 0) is 20.2 Å². The molecule has 38 heavy (non-hydrogen) atoms. The van der Waals surface area contributed by atoms with E-state index in [4.69, 9.17) is 5.73 Å². The van der Waals surface area contributed by atoms with Crippen molar-refractivity contribution >= 4 is 59.9 Å². The van der Waals surface area contributed by atoms with Crippen LogP contribution >= 0.6 is 0 Å². The second-order valence-electron chi connectivity index (χ2n) is 7.92. The van der Waals surface area contributed by atoms with Crippen molar-refractivity contribution in [3.8, 4) is 0 Å². The molecule has 11 nitrogen and oxygen atoms in total. The Morgan fingerprint density at radius 2 is 1.16 bits per heavy atom. The van der Waals surface area contributed by atoms with E-state index < -0.39 is 35.9 Å². The molecule has 0 heterocycles. The molecule has 4 aromatic rings. The van der Waals surface area contributed by atoms with E-state index in [0.717, 1.165) is 6.07 Å². The summed E-state index contributed by atoms with van der Waals surface area (Å²) >= 11 is 0. The van der Waals surface area contributed by atoms with Crippen molar-refractivity contribution in [1.29, 1.82) is 0 Å². The first-order chi connectivity index (χ1) is 17.3. The minimum atomic E-state index is -4.88. The summed E-state index contributed by atoms with van der Waals surface area (Å²) in [6, 6.07) is 17.9. The van der Waals surface area contributed by atoms with Crippen LogP contribution in [0.25, 0.3) is 10.8 Å². The number of carbonyl (C=O) groups excluding carboxylic acids is 2. The van der Waals surface area contributed by atoms with Gasteiger partial charge >= 0.3 is 29.6 Å². The standard InChI is InChI=1S/C24H19N3O8S2.Na/c25-17-6-1-14(2-7-17)23(28)26-18-8-3-15(4-9-18)24(29)27-19-10-5-16-11-20(36(30,31)32)13-22(21(16)12-19)37(33,34)35;/h1-13H,25H2,(H,26,28)(H,27,29)(H,30,31,32)(H,33,34,35);/q;+1.